The highest BCUT2D eigenvalue weighted by atomic mass is 16.3. The van der Waals surface area contributed by atoms with Crippen molar-refractivity contribution in [3.8, 4) is 0 Å². The molecule has 0 radical (unpaired) electrons. The number of aromatic amines is 2. The first-order valence-electron chi connectivity index (χ1n) is 5.20. The second kappa shape index (κ2) is 3.75. The zero-order chi connectivity index (χ0) is 11.8. The molecule has 1 aromatic heterocycles. The minimum absolute atomic E-state index is 0.153. The Morgan fingerprint density at radius 3 is 2.75 bits per heavy atom. The SMILES string of the molecule is CCCC1(O)CN(c2n[nH]c(=O)[nH]c2=O)C1. The standard InChI is InChI=1S/C9H14N4O3/c1-2-3-9(16)4-13(5-9)6-7(14)10-8(15)12-11-6/h16H,2-5H2,1H3,(H2,10,12,14,15). The van der Waals surface area contributed by atoms with Crippen LogP contribution < -0.4 is 16.1 Å². The minimum Gasteiger partial charge on any atom is -0.386 e. The quantitative estimate of drug-likeness (QED) is 0.601. The van der Waals surface area contributed by atoms with Crippen molar-refractivity contribution >= 4 is 5.82 Å². The normalized spacial score (nSPS) is 18.2. The van der Waals surface area contributed by atoms with Crippen molar-refractivity contribution in [3.05, 3.63) is 20.8 Å². The largest absolute Gasteiger partial charge is 0.386 e. The molecule has 0 aromatic carbocycles. The van der Waals surface area contributed by atoms with Gasteiger partial charge in [-0.3, -0.25) is 9.78 Å². The first-order chi connectivity index (χ1) is 7.54. The molecule has 1 aliphatic heterocycles. The number of aromatic nitrogens is 3. The molecule has 0 saturated carbocycles. The third-order valence-electron chi connectivity index (χ3n) is 2.68. The molecule has 1 fully saturated rings. The van der Waals surface area contributed by atoms with E-state index in [1.165, 1.54) is 0 Å². The van der Waals surface area contributed by atoms with Gasteiger partial charge in [0.2, 0.25) is 5.82 Å². The first kappa shape index (κ1) is 10.9. The molecular formula is C9H14N4O3. The smallest absolute Gasteiger partial charge is 0.342 e. The molecule has 0 aliphatic carbocycles. The number of rotatable bonds is 3. The van der Waals surface area contributed by atoms with Crippen LogP contribution in [-0.2, 0) is 0 Å². The Kier molecular flexibility index (Phi) is 2.55. The van der Waals surface area contributed by atoms with Crippen LogP contribution in [0.1, 0.15) is 19.8 Å². The maximum atomic E-state index is 11.4. The summed E-state index contributed by atoms with van der Waals surface area (Å²) in [5.41, 5.74) is -1.88. The van der Waals surface area contributed by atoms with Crippen LogP contribution in [0.4, 0.5) is 5.82 Å². The summed E-state index contributed by atoms with van der Waals surface area (Å²) in [4.78, 5) is 25.9. The number of aliphatic hydroxyl groups is 1. The van der Waals surface area contributed by atoms with Gasteiger partial charge < -0.3 is 10.0 Å². The van der Waals surface area contributed by atoms with Crippen molar-refractivity contribution < 1.29 is 5.11 Å². The molecule has 2 rings (SSSR count). The lowest BCUT2D eigenvalue weighted by Gasteiger charge is -2.46. The van der Waals surface area contributed by atoms with E-state index in [-0.39, 0.29) is 5.82 Å². The summed E-state index contributed by atoms with van der Waals surface area (Å²) in [6, 6.07) is 0. The highest BCUT2D eigenvalue weighted by Gasteiger charge is 2.41. The van der Waals surface area contributed by atoms with Crippen LogP contribution in [0.25, 0.3) is 0 Å². The molecule has 3 N–H and O–H groups in total. The summed E-state index contributed by atoms with van der Waals surface area (Å²) in [6.07, 6.45) is 1.59. The van der Waals surface area contributed by atoms with Gasteiger partial charge in [-0.15, -0.1) is 5.10 Å². The lowest BCUT2D eigenvalue weighted by Crippen LogP contribution is -2.63. The number of hydrogen-bond acceptors (Lipinski definition) is 5. The molecule has 0 unspecified atom stereocenters. The number of anilines is 1. The fourth-order valence-corrected chi connectivity index (χ4v) is 1.99. The molecule has 88 valence electrons. The Labute approximate surface area is 91.1 Å². The number of nitrogens with zero attached hydrogens (tertiary/aromatic N) is 2. The molecule has 1 aliphatic rings. The molecule has 2 heterocycles. The Hall–Kier alpha value is -1.63. The van der Waals surface area contributed by atoms with E-state index in [4.69, 9.17) is 0 Å². The van der Waals surface area contributed by atoms with E-state index in [0.717, 1.165) is 6.42 Å². The van der Waals surface area contributed by atoms with E-state index in [2.05, 4.69) is 15.2 Å². The topological polar surface area (TPSA) is 102 Å². The minimum atomic E-state index is -0.723. The zero-order valence-electron chi connectivity index (χ0n) is 8.99. The van der Waals surface area contributed by atoms with Crippen LogP contribution in [0.2, 0.25) is 0 Å². The summed E-state index contributed by atoms with van der Waals surface area (Å²) in [7, 11) is 0. The third kappa shape index (κ3) is 1.85. The molecule has 0 bridgehead atoms. The lowest BCUT2D eigenvalue weighted by atomic mass is 9.89. The van der Waals surface area contributed by atoms with E-state index in [9.17, 15) is 14.7 Å². The van der Waals surface area contributed by atoms with Crippen molar-refractivity contribution in [2.24, 2.45) is 0 Å². The summed E-state index contributed by atoms with van der Waals surface area (Å²) in [5, 5.41) is 15.8. The van der Waals surface area contributed by atoms with E-state index >= 15 is 0 Å². The van der Waals surface area contributed by atoms with Crippen molar-refractivity contribution in [1.82, 2.24) is 15.2 Å². The van der Waals surface area contributed by atoms with Crippen LogP contribution in [0.15, 0.2) is 9.59 Å². The molecule has 7 heteroatoms. The van der Waals surface area contributed by atoms with Crippen LogP contribution in [0.3, 0.4) is 0 Å². The van der Waals surface area contributed by atoms with Gasteiger partial charge in [-0.2, -0.15) is 0 Å². The first-order valence-corrected chi connectivity index (χ1v) is 5.20. The Morgan fingerprint density at radius 1 is 1.50 bits per heavy atom. The van der Waals surface area contributed by atoms with Crippen molar-refractivity contribution in [1.29, 1.82) is 0 Å². The Morgan fingerprint density at radius 2 is 2.19 bits per heavy atom. The predicted octanol–water partition coefficient (Wildman–Crippen LogP) is -1.19. The summed E-state index contributed by atoms with van der Waals surface area (Å²) in [6.45, 7) is 2.75. The molecule has 0 atom stereocenters. The molecule has 0 spiro atoms. The van der Waals surface area contributed by atoms with E-state index in [0.29, 0.717) is 19.5 Å². The van der Waals surface area contributed by atoms with Gasteiger partial charge in [0, 0.05) is 0 Å². The number of β-amino-alcohol motifs (C(OH)–C–C–N with tert-alkyl or cyclic N) is 1. The maximum absolute atomic E-state index is 11.4. The summed E-state index contributed by atoms with van der Waals surface area (Å²) in [5.74, 6) is 0.153. The molecule has 0 amide bonds. The molecule has 7 nitrogen and oxygen atoms in total. The fraction of sp³-hybridized carbons (Fsp3) is 0.667. The highest BCUT2D eigenvalue weighted by molar-refractivity contribution is 5.40. The van der Waals surface area contributed by atoms with Gasteiger partial charge in [-0.25, -0.2) is 9.89 Å². The number of nitrogens with one attached hydrogen (secondary N) is 2. The van der Waals surface area contributed by atoms with Gasteiger partial charge in [-0.05, 0) is 6.42 Å². The van der Waals surface area contributed by atoms with Crippen LogP contribution in [-0.4, -0.2) is 39.0 Å². The molecule has 1 aromatic rings. The van der Waals surface area contributed by atoms with Gasteiger partial charge >= 0.3 is 5.69 Å². The highest BCUT2D eigenvalue weighted by Crippen LogP contribution is 2.27. The van der Waals surface area contributed by atoms with Gasteiger partial charge in [0.25, 0.3) is 5.56 Å². The average molecular weight is 226 g/mol. The van der Waals surface area contributed by atoms with E-state index in [1.807, 2.05) is 6.92 Å². The number of hydrogen-bond donors (Lipinski definition) is 3. The second-order valence-corrected chi connectivity index (χ2v) is 4.16. The average Bonchev–Trinajstić information content (AvgIpc) is 2.14. The Bertz CT molecular complexity index is 486. The number of H-pyrrole nitrogens is 2. The summed E-state index contributed by atoms with van der Waals surface area (Å²) < 4.78 is 0. The van der Waals surface area contributed by atoms with Gasteiger partial charge in [-0.1, -0.05) is 13.3 Å². The van der Waals surface area contributed by atoms with E-state index < -0.39 is 16.9 Å². The maximum Gasteiger partial charge on any atom is 0.342 e. The van der Waals surface area contributed by atoms with Gasteiger partial charge in [0.05, 0.1) is 18.7 Å². The fourth-order valence-electron chi connectivity index (χ4n) is 1.99. The third-order valence-corrected chi connectivity index (χ3v) is 2.68. The predicted molar refractivity (Wildman–Crippen MR) is 57.5 cm³/mol. The van der Waals surface area contributed by atoms with Crippen LogP contribution in [0.5, 0.6) is 0 Å². The van der Waals surface area contributed by atoms with Crippen molar-refractivity contribution in [2.75, 3.05) is 18.0 Å². The van der Waals surface area contributed by atoms with Crippen molar-refractivity contribution in [2.45, 2.75) is 25.4 Å². The van der Waals surface area contributed by atoms with E-state index in [1.54, 1.807) is 4.90 Å². The molecular weight excluding hydrogens is 212 g/mol. The van der Waals surface area contributed by atoms with Gasteiger partial charge in [0.1, 0.15) is 0 Å². The summed E-state index contributed by atoms with van der Waals surface area (Å²) >= 11 is 0. The van der Waals surface area contributed by atoms with Crippen LogP contribution >= 0.6 is 0 Å². The Balaban J connectivity index is 2.12. The van der Waals surface area contributed by atoms with Crippen LogP contribution in [0, 0.1) is 0 Å². The van der Waals surface area contributed by atoms with Crippen molar-refractivity contribution in [3.63, 3.8) is 0 Å². The molecule has 16 heavy (non-hydrogen) atoms. The monoisotopic (exact) mass is 226 g/mol. The van der Waals surface area contributed by atoms with Gasteiger partial charge in [0.15, 0.2) is 0 Å². The molecule has 1 saturated heterocycles. The second-order valence-electron chi connectivity index (χ2n) is 4.16. The lowest BCUT2D eigenvalue weighted by molar-refractivity contribution is 0.00268. The zero-order valence-corrected chi connectivity index (χ0v) is 8.99.